The number of hydrogen-bond donors (Lipinski definition) is 0. The number of aliphatic imine (C=N–C) groups is 1. The summed E-state index contributed by atoms with van der Waals surface area (Å²) in [5, 5.41) is 0. The summed E-state index contributed by atoms with van der Waals surface area (Å²) in [6.07, 6.45) is 2.70. The molecule has 4 heteroatoms. The predicted octanol–water partition coefficient (Wildman–Crippen LogP) is 0.787. The van der Waals surface area contributed by atoms with Gasteiger partial charge >= 0.3 is 0 Å². The first-order valence-electron chi connectivity index (χ1n) is 5.84. The van der Waals surface area contributed by atoms with E-state index in [1.54, 1.807) is 0 Å². The van der Waals surface area contributed by atoms with Crippen LogP contribution in [0.25, 0.3) is 0 Å². The lowest BCUT2D eigenvalue weighted by Gasteiger charge is -2.34. The number of ether oxygens (including phenoxy) is 1. The molecule has 0 aromatic carbocycles. The van der Waals surface area contributed by atoms with Crippen molar-refractivity contribution in [3.8, 4) is 0 Å². The van der Waals surface area contributed by atoms with Gasteiger partial charge in [0, 0.05) is 40.2 Å². The second kappa shape index (κ2) is 4.39. The molecule has 0 N–H and O–H groups in total. The minimum absolute atomic E-state index is 0.381. The van der Waals surface area contributed by atoms with Crippen LogP contribution in [0.15, 0.2) is 4.99 Å². The zero-order valence-corrected chi connectivity index (χ0v) is 9.94. The summed E-state index contributed by atoms with van der Waals surface area (Å²) >= 11 is 0. The maximum absolute atomic E-state index is 5.53. The third-order valence-electron chi connectivity index (χ3n) is 3.03. The van der Waals surface area contributed by atoms with E-state index in [0.717, 1.165) is 32.1 Å². The van der Waals surface area contributed by atoms with Crippen LogP contribution in [0.3, 0.4) is 0 Å². The lowest BCUT2D eigenvalue weighted by molar-refractivity contribution is 0.128. The van der Waals surface area contributed by atoms with Crippen molar-refractivity contribution in [1.29, 1.82) is 0 Å². The Morgan fingerprint density at radius 3 is 2.60 bits per heavy atom. The molecule has 2 fully saturated rings. The molecular formula is C11H21N3O. The van der Waals surface area contributed by atoms with E-state index < -0.39 is 0 Å². The van der Waals surface area contributed by atoms with E-state index in [2.05, 4.69) is 23.9 Å². The van der Waals surface area contributed by atoms with E-state index >= 15 is 0 Å². The van der Waals surface area contributed by atoms with Crippen molar-refractivity contribution in [3.63, 3.8) is 0 Å². The van der Waals surface area contributed by atoms with Gasteiger partial charge in [-0.1, -0.05) is 0 Å². The minimum Gasteiger partial charge on any atom is -0.376 e. The van der Waals surface area contributed by atoms with Crippen LogP contribution < -0.4 is 0 Å². The van der Waals surface area contributed by atoms with Crippen LogP contribution in [0.1, 0.15) is 19.8 Å². The first kappa shape index (κ1) is 10.7. The van der Waals surface area contributed by atoms with Gasteiger partial charge in [0.25, 0.3) is 0 Å². The van der Waals surface area contributed by atoms with Crippen molar-refractivity contribution in [2.24, 2.45) is 4.99 Å². The molecule has 0 amide bonds. The lowest BCUT2D eigenvalue weighted by Crippen LogP contribution is -2.46. The standard InChI is InChI=1S/C11H21N3O/c1-4-15-10-8-9(10)12-11-13(2)6-5-7-14(11)3/h9-10H,4-8H2,1-3H3/t9-,10-/m1/s1. The molecule has 2 atom stereocenters. The van der Waals surface area contributed by atoms with Gasteiger partial charge in [0.1, 0.15) is 0 Å². The average Bonchev–Trinajstić information content (AvgIpc) is 2.91. The zero-order chi connectivity index (χ0) is 10.8. The summed E-state index contributed by atoms with van der Waals surface area (Å²) in [6.45, 7) is 5.09. The number of rotatable bonds is 3. The zero-order valence-electron chi connectivity index (χ0n) is 9.94. The van der Waals surface area contributed by atoms with Crippen LogP contribution in [0.2, 0.25) is 0 Å². The maximum Gasteiger partial charge on any atom is 0.196 e. The minimum atomic E-state index is 0.381. The first-order chi connectivity index (χ1) is 7.22. The second-order valence-electron chi connectivity index (χ2n) is 4.42. The Hall–Kier alpha value is -0.770. The Morgan fingerprint density at radius 1 is 1.33 bits per heavy atom. The normalized spacial score (nSPS) is 30.7. The monoisotopic (exact) mass is 211 g/mol. The summed E-state index contributed by atoms with van der Waals surface area (Å²) in [5.74, 6) is 1.13. The molecule has 1 saturated carbocycles. The molecule has 15 heavy (non-hydrogen) atoms. The van der Waals surface area contributed by atoms with Crippen molar-refractivity contribution in [1.82, 2.24) is 9.80 Å². The van der Waals surface area contributed by atoms with Crippen molar-refractivity contribution in [3.05, 3.63) is 0 Å². The van der Waals surface area contributed by atoms with Gasteiger partial charge in [0.05, 0.1) is 12.1 Å². The molecule has 0 bridgehead atoms. The van der Waals surface area contributed by atoms with Crippen LogP contribution in [0.4, 0.5) is 0 Å². The Balaban J connectivity index is 1.93. The van der Waals surface area contributed by atoms with Crippen molar-refractivity contribution < 1.29 is 4.74 Å². The molecule has 0 unspecified atom stereocenters. The molecule has 1 aliphatic heterocycles. The van der Waals surface area contributed by atoms with E-state index in [9.17, 15) is 0 Å². The average molecular weight is 211 g/mol. The number of nitrogens with zero attached hydrogens (tertiary/aromatic N) is 3. The fourth-order valence-electron chi connectivity index (χ4n) is 2.07. The topological polar surface area (TPSA) is 28.1 Å². The highest BCUT2D eigenvalue weighted by Crippen LogP contribution is 2.29. The van der Waals surface area contributed by atoms with E-state index in [0.29, 0.717) is 12.1 Å². The molecule has 4 nitrogen and oxygen atoms in total. The molecule has 1 aliphatic carbocycles. The van der Waals surface area contributed by atoms with E-state index in [4.69, 9.17) is 9.73 Å². The van der Waals surface area contributed by atoms with Crippen LogP contribution in [-0.2, 0) is 4.74 Å². The summed E-state index contributed by atoms with van der Waals surface area (Å²) in [5.41, 5.74) is 0. The highest BCUT2D eigenvalue weighted by molar-refractivity contribution is 5.80. The van der Waals surface area contributed by atoms with Crippen LogP contribution >= 0.6 is 0 Å². The smallest absolute Gasteiger partial charge is 0.196 e. The Labute approximate surface area is 91.9 Å². The molecular weight excluding hydrogens is 190 g/mol. The highest BCUT2D eigenvalue weighted by atomic mass is 16.5. The van der Waals surface area contributed by atoms with E-state index in [1.807, 2.05) is 6.92 Å². The number of guanidine groups is 1. The van der Waals surface area contributed by atoms with Crippen LogP contribution in [0.5, 0.6) is 0 Å². The first-order valence-corrected chi connectivity index (χ1v) is 5.84. The van der Waals surface area contributed by atoms with Crippen molar-refractivity contribution in [2.45, 2.75) is 31.9 Å². The fourth-order valence-corrected chi connectivity index (χ4v) is 2.07. The number of hydrogen-bond acceptors (Lipinski definition) is 2. The summed E-state index contributed by atoms with van der Waals surface area (Å²) < 4.78 is 5.53. The van der Waals surface area contributed by atoms with Crippen LogP contribution in [0, 0.1) is 0 Å². The van der Waals surface area contributed by atoms with Crippen molar-refractivity contribution >= 4 is 5.96 Å². The SMILES string of the molecule is CCO[C@@H]1C[C@H]1N=C1N(C)CCCN1C. The molecule has 2 aliphatic rings. The van der Waals surface area contributed by atoms with Gasteiger partial charge in [-0.15, -0.1) is 0 Å². The van der Waals surface area contributed by atoms with Gasteiger partial charge in [-0.25, -0.2) is 4.99 Å². The van der Waals surface area contributed by atoms with Gasteiger partial charge in [0.2, 0.25) is 0 Å². The lowest BCUT2D eigenvalue weighted by atomic mass is 10.3. The third kappa shape index (κ3) is 2.43. The maximum atomic E-state index is 5.53. The van der Waals surface area contributed by atoms with E-state index in [1.165, 1.54) is 6.42 Å². The summed E-state index contributed by atoms with van der Waals surface area (Å²) in [7, 11) is 4.24. The molecule has 0 spiro atoms. The fraction of sp³-hybridized carbons (Fsp3) is 0.909. The molecule has 86 valence electrons. The molecule has 0 aromatic rings. The largest absolute Gasteiger partial charge is 0.376 e. The van der Waals surface area contributed by atoms with Gasteiger partial charge in [0.15, 0.2) is 5.96 Å². The molecule has 0 aromatic heterocycles. The molecule has 1 saturated heterocycles. The molecule has 0 radical (unpaired) electrons. The Kier molecular flexibility index (Phi) is 3.14. The Bertz CT molecular complexity index is 242. The summed E-state index contributed by atoms with van der Waals surface area (Å²) in [6, 6.07) is 0.406. The van der Waals surface area contributed by atoms with E-state index in [-0.39, 0.29) is 0 Å². The van der Waals surface area contributed by atoms with Gasteiger partial charge in [-0.3, -0.25) is 0 Å². The quantitative estimate of drug-likeness (QED) is 0.691. The van der Waals surface area contributed by atoms with Crippen molar-refractivity contribution in [2.75, 3.05) is 33.8 Å². The van der Waals surface area contributed by atoms with Gasteiger partial charge < -0.3 is 14.5 Å². The van der Waals surface area contributed by atoms with Gasteiger partial charge in [-0.2, -0.15) is 0 Å². The molecule has 1 heterocycles. The second-order valence-corrected chi connectivity index (χ2v) is 4.42. The Morgan fingerprint density at radius 2 is 2.00 bits per heavy atom. The highest BCUT2D eigenvalue weighted by Gasteiger charge is 2.39. The molecule has 2 rings (SSSR count). The summed E-state index contributed by atoms with van der Waals surface area (Å²) in [4.78, 5) is 9.23. The van der Waals surface area contributed by atoms with Crippen LogP contribution in [-0.4, -0.2) is 61.7 Å². The predicted molar refractivity (Wildman–Crippen MR) is 61.1 cm³/mol. The van der Waals surface area contributed by atoms with Gasteiger partial charge in [-0.05, 0) is 13.3 Å². The third-order valence-corrected chi connectivity index (χ3v) is 3.03.